The molecule has 0 bridgehead atoms. The van der Waals surface area contributed by atoms with Crippen molar-refractivity contribution in [1.82, 2.24) is 0 Å². The molecule has 0 fully saturated rings. The van der Waals surface area contributed by atoms with Crippen LogP contribution in [-0.4, -0.2) is 27.9 Å². The van der Waals surface area contributed by atoms with Crippen molar-refractivity contribution in [2.24, 2.45) is 0 Å². The van der Waals surface area contributed by atoms with Gasteiger partial charge in [0, 0.05) is 0 Å². The third-order valence-corrected chi connectivity index (χ3v) is 2.71. The molecule has 0 aromatic rings. The Morgan fingerprint density at radius 2 is 1.55 bits per heavy atom. The molecule has 0 aromatic heterocycles. The van der Waals surface area contributed by atoms with E-state index in [0.29, 0.717) is 0 Å². The van der Waals surface area contributed by atoms with Crippen LogP contribution in [0.3, 0.4) is 0 Å². The van der Waals surface area contributed by atoms with Crippen LogP contribution < -0.4 is 0 Å². The van der Waals surface area contributed by atoms with E-state index in [2.05, 4.69) is 13.8 Å². The molecule has 0 nitrogen and oxygen atoms in total. The van der Waals surface area contributed by atoms with Crippen LogP contribution in [0.2, 0.25) is 3.17 Å². The Kier molecular flexibility index (Phi) is 9.92. The summed E-state index contributed by atoms with van der Waals surface area (Å²) < 4.78 is 1.04. The SMILES string of the molecule is CCCCCCCC[CH](C)[Na]. The van der Waals surface area contributed by atoms with E-state index in [1.807, 2.05) is 0 Å². The van der Waals surface area contributed by atoms with Gasteiger partial charge in [0.1, 0.15) is 0 Å². The molecule has 0 spiro atoms. The number of rotatable bonds is 7. The zero-order chi connectivity index (χ0) is 8.53. The van der Waals surface area contributed by atoms with Gasteiger partial charge in [0.2, 0.25) is 0 Å². The van der Waals surface area contributed by atoms with Crippen LogP contribution in [0.1, 0.15) is 58.8 Å². The molecule has 0 rings (SSSR count). The van der Waals surface area contributed by atoms with Crippen molar-refractivity contribution in [1.29, 1.82) is 0 Å². The standard InChI is InChI=1S/C10H21.Na/c1-3-5-7-9-10-8-6-4-2;/h3H,4-10H2,1-2H3;. The summed E-state index contributed by atoms with van der Waals surface area (Å²) in [7, 11) is 0. The average Bonchev–Trinajstić information content (AvgIpc) is 1.96. The first-order valence-electron chi connectivity index (χ1n) is 5.27. The van der Waals surface area contributed by atoms with E-state index in [1.165, 1.54) is 72.9 Å². The second-order valence-corrected chi connectivity index (χ2v) is 5.92. The molecule has 0 N–H and O–H groups in total. The molecule has 1 heteroatoms. The summed E-state index contributed by atoms with van der Waals surface area (Å²) in [6, 6.07) is 0. The van der Waals surface area contributed by atoms with Gasteiger partial charge in [0.05, 0.1) is 0 Å². The number of unbranched alkanes of at least 4 members (excludes halogenated alkanes) is 5. The molecule has 0 aliphatic carbocycles. The Morgan fingerprint density at radius 1 is 1.00 bits per heavy atom. The van der Waals surface area contributed by atoms with Crippen LogP contribution in [0.4, 0.5) is 0 Å². The Bertz CT molecular complexity index is 69.3. The summed E-state index contributed by atoms with van der Waals surface area (Å²) in [6.45, 7) is 4.65. The van der Waals surface area contributed by atoms with Crippen LogP contribution in [0.15, 0.2) is 0 Å². The molecule has 11 heavy (non-hydrogen) atoms. The van der Waals surface area contributed by atoms with Crippen molar-refractivity contribution < 1.29 is 0 Å². The van der Waals surface area contributed by atoms with E-state index in [9.17, 15) is 0 Å². The third kappa shape index (κ3) is 11.0. The number of hydrogen-bond acceptors (Lipinski definition) is 0. The quantitative estimate of drug-likeness (QED) is 0.397. The van der Waals surface area contributed by atoms with Gasteiger partial charge in [-0.15, -0.1) is 0 Å². The van der Waals surface area contributed by atoms with Crippen molar-refractivity contribution in [2.45, 2.75) is 62.0 Å². The second kappa shape index (κ2) is 9.09. The molecule has 1 unspecified atom stereocenters. The van der Waals surface area contributed by atoms with Crippen LogP contribution in [0.5, 0.6) is 0 Å². The molecule has 0 heterocycles. The van der Waals surface area contributed by atoms with E-state index in [1.54, 1.807) is 0 Å². The Hall–Kier alpha value is 1.00. The van der Waals surface area contributed by atoms with E-state index >= 15 is 0 Å². The van der Waals surface area contributed by atoms with Gasteiger partial charge in [0.25, 0.3) is 0 Å². The van der Waals surface area contributed by atoms with E-state index in [0.717, 1.165) is 3.17 Å². The number of hydrogen-bond donors (Lipinski definition) is 0. The summed E-state index contributed by atoms with van der Waals surface area (Å²) in [6.07, 6.45) is 10.2. The van der Waals surface area contributed by atoms with Gasteiger partial charge >= 0.3 is 89.9 Å². The van der Waals surface area contributed by atoms with E-state index < -0.39 is 0 Å². The minimum absolute atomic E-state index is 1.04. The molecule has 0 aliphatic rings. The predicted octanol–water partition coefficient (Wildman–Crippen LogP) is 3.71. The molecular formula is C10H21Na. The fourth-order valence-corrected chi connectivity index (χ4v) is 1.74. The molecule has 0 saturated carbocycles. The summed E-state index contributed by atoms with van der Waals surface area (Å²) in [5.41, 5.74) is 0. The molecule has 0 amide bonds. The van der Waals surface area contributed by atoms with Crippen molar-refractivity contribution in [3.63, 3.8) is 0 Å². The van der Waals surface area contributed by atoms with Crippen molar-refractivity contribution >= 4 is 27.9 Å². The van der Waals surface area contributed by atoms with Gasteiger partial charge in [-0.05, 0) is 0 Å². The fraction of sp³-hybridized carbons (Fsp3) is 1.00. The average molecular weight is 164 g/mol. The molecule has 1 atom stereocenters. The molecular weight excluding hydrogens is 143 g/mol. The van der Waals surface area contributed by atoms with E-state index in [-0.39, 0.29) is 0 Å². The van der Waals surface area contributed by atoms with Crippen LogP contribution in [-0.2, 0) is 0 Å². The molecule has 0 aromatic carbocycles. The van der Waals surface area contributed by atoms with Gasteiger partial charge in [-0.1, -0.05) is 0 Å². The van der Waals surface area contributed by atoms with Gasteiger partial charge in [-0.25, -0.2) is 0 Å². The Morgan fingerprint density at radius 3 is 2.09 bits per heavy atom. The van der Waals surface area contributed by atoms with Crippen LogP contribution >= 0.6 is 0 Å². The fourth-order valence-electron chi connectivity index (χ4n) is 1.33. The van der Waals surface area contributed by atoms with Crippen molar-refractivity contribution in [3.05, 3.63) is 0 Å². The van der Waals surface area contributed by atoms with Gasteiger partial charge in [-0.3, -0.25) is 0 Å². The molecule has 62 valence electrons. The van der Waals surface area contributed by atoms with Crippen LogP contribution in [0, 0.1) is 0 Å². The second-order valence-electron chi connectivity index (χ2n) is 3.95. The first kappa shape index (κ1) is 12.0. The molecule has 0 saturated heterocycles. The Labute approximate surface area is 89.6 Å². The summed E-state index contributed by atoms with van der Waals surface area (Å²) in [5.74, 6) is 0. The topological polar surface area (TPSA) is 0 Å². The third-order valence-electron chi connectivity index (χ3n) is 2.14. The monoisotopic (exact) mass is 164 g/mol. The summed E-state index contributed by atoms with van der Waals surface area (Å²) in [4.78, 5) is 0. The van der Waals surface area contributed by atoms with Crippen LogP contribution in [0.25, 0.3) is 0 Å². The first-order valence-corrected chi connectivity index (χ1v) is 6.42. The molecule has 0 radical (unpaired) electrons. The van der Waals surface area contributed by atoms with Gasteiger partial charge < -0.3 is 0 Å². The predicted molar refractivity (Wildman–Crippen MR) is 53.2 cm³/mol. The van der Waals surface area contributed by atoms with Gasteiger partial charge in [0.15, 0.2) is 0 Å². The molecule has 0 aliphatic heterocycles. The van der Waals surface area contributed by atoms with Gasteiger partial charge in [-0.2, -0.15) is 0 Å². The summed E-state index contributed by atoms with van der Waals surface area (Å²) in [5, 5.41) is 0. The van der Waals surface area contributed by atoms with Crippen molar-refractivity contribution in [2.75, 3.05) is 0 Å². The maximum absolute atomic E-state index is 2.37. The Balaban J connectivity index is 2.80. The maximum atomic E-state index is 2.37. The zero-order valence-electron chi connectivity index (χ0n) is 8.53. The first-order chi connectivity index (χ1) is 5.27. The summed E-state index contributed by atoms with van der Waals surface area (Å²) >= 11 is 1.39. The minimum atomic E-state index is 1.04. The van der Waals surface area contributed by atoms with Crippen molar-refractivity contribution in [3.8, 4) is 0 Å². The normalized spacial score (nSPS) is 13.5. The zero-order valence-corrected chi connectivity index (χ0v) is 10.5. The van der Waals surface area contributed by atoms with E-state index in [4.69, 9.17) is 0 Å².